The van der Waals surface area contributed by atoms with Gasteiger partial charge in [0, 0.05) is 38.3 Å². The Bertz CT molecular complexity index is 2790. The number of hydrogen-bond donors (Lipinski definition) is 3. The maximum Gasteiger partial charge on any atom is 0.407 e. The third-order valence-electron chi connectivity index (χ3n) is 8.02. The summed E-state index contributed by atoms with van der Waals surface area (Å²) in [6.07, 6.45) is 5.85. The van der Waals surface area contributed by atoms with E-state index in [4.69, 9.17) is 25.7 Å². The summed E-state index contributed by atoms with van der Waals surface area (Å²) in [5.74, 6) is 72.4. The normalized spacial score (nSPS) is 14.7. The third kappa shape index (κ3) is 42.2. The standard InChI is InChI=1S/C17H4.C16H6.C14H26N2O4.C13H24N2O4/c1-3-5-7-9-11-13-15-17-16-14-12-10-8-6-4-2;1-3-5-7-9-11-13-15-16-14-12-10-8-6-4-2;1-10-6-11(16(8-10)9-12(17)19-5)7-15-13(18)20-14(2,3)4;1-9-5-10(15(7-9)8-11(16)17)6-14-12(18)19-13(2,3)4/h1H,2H3;1-2H3;10-11H,6-9H2,1-5H3,(H,15,18);9-10H,5-8H2,1-4H3,(H,14,18)(H,16,17)/t;;10-,11+;9-,10+/m..00/s1. The molecule has 2 aliphatic heterocycles. The van der Waals surface area contributed by atoms with Gasteiger partial charge >= 0.3 is 24.1 Å². The Kier molecular flexibility index (Phi) is 36.8. The summed E-state index contributed by atoms with van der Waals surface area (Å²) in [5, 5.41) is 14.3. The smallest absolute Gasteiger partial charge is 0.407 e. The van der Waals surface area contributed by atoms with Crippen molar-refractivity contribution in [1.82, 2.24) is 20.4 Å². The summed E-state index contributed by atoms with van der Waals surface area (Å²) in [6, 6.07) is 0.218. The number of carbonyl (C=O) groups excluding carboxylic acids is 3. The first-order valence-corrected chi connectivity index (χ1v) is 22.1. The Morgan fingerprint density at radius 1 is 0.514 bits per heavy atom. The molecule has 0 aromatic rings. The number of methoxy groups -OCH3 is 1. The number of carboxylic acids is 1. The molecule has 4 atom stereocenters. The van der Waals surface area contributed by atoms with Crippen LogP contribution < -0.4 is 10.6 Å². The molecule has 0 aliphatic carbocycles. The fourth-order valence-corrected chi connectivity index (χ4v) is 5.60. The first kappa shape index (κ1) is 64.9. The highest BCUT2D eigenvalue weighted by Gasteiger charge is 2.32. The van der Waals surface area contributed by atoms with E-state index >= 15 is 0 Å². The zero-order valence-corrected chi connectivity index (χ0v) is 43.2. The molecule has 0 aromatic heterocycles. The zero-order valence-electron chi connectivity index (χ0n) is 43.2. The van der Waals surface area contributed by atoms with Crippen molar-refractivity contribution in [2.45, 2.75) is 112 Å². The van der Waals surface area contributed by atoms with Crippen LogP contribution in [0.4, 0.5) is 9.59 Å². The van der Waals surface area contributed by atoms with Crippen molar-refractivity contribution >= 4 is 24.1 Å². The van der Waals surface area contributed by atoms with Gasteiger partial charge in [-0.05, 0) is 241 Å². The predicted molar refractivity (Wildman–Crippen MR) is 281 cm³/mol. The van der Waals surface area contributed by atoms with E-state index in [1.54, 1.807) is 41.5 Å². The number of nitrogens with zero attached hydrogens (tertiary/aromatic N) is 2. The Balaban J connectivity index is 0. The molecule has 0 spiro atoms. The Morgan fingerprint density at radius 2 is 0.792 bits per heavy atom. The largest absolute Gasteiger partial charge is 0.480 e. The number of aliphatic carboxylic acids is 1. The van der Waals surface area contributed by atoms with Gasteiger partial charge in [-0.15, -0.1) is 6.42 Å². The average molecular weight is 965 g/mol. The quantitative estimate of drug-likeness (QED) is 0.182. The molecule has 0 radical (unpaired) electrons. The average Bonchev–Trinajstić information content (AvgIpc) is 3.84. The van der Waals surface area contributed by atoms with E-state index < -0.39 is 29.4 Å². The molecule has 72 heavy (non-hydrogen) atoms. The minimum atomic E-state index is -0.837. The molecular formula is C60H60N4O8. The third-order valence-corrected chi connectivity index (χ3v) is 8.02. The van der Waals surface area contributed by atoms with Gasteiger partial charge in [-0.1, -0.05) is 31.6 Å². The molecule has 2 fully saturated rings. The maximum atomic E-state index is 11.6. The Labute approximate surface area is 430 Å². The van der Waals surface area contributed by atoms with Crippen molar-refractivity contribution in [2.24, 2.45) is 11.8 Å². The minimum Gasteiger partial charge on any atom is -0.480 e. The van der Waals surface area contributed by atoms with Crippen molar-refractivity contribution in [3.8, 4) is 178 Å². The highest BCUT2D eigenvalue weighted by Crippen LogP contribution is 2.23. The molecule has 0 saturated carbocycles. The number of likely N-dealkylation sites (tertiary alicyclic amines) is 2. The second kappa shape index (κ2) is 40.8. The van der Waals surface area contributed by atoms with Gasteiger partial charge in [0.1, 0.15) is 11.2 Å². The van der Waals surface area contributed by atoms with Gasteiger partial charge in [0.25, 0.3) is 0 Å². The van der Waals surface area contributed by atoms with E-state index in [0.717, 1.165) is 25.9 Å². The SMILES string of the molecule is C#CC#CC#CC#CC#CC#CC#CC#CC.CC#CC#CC#CC#CC#CC#CC#CC.COC(=O)CN1C[C@@H](C)C[C@@H]1CNC(=O)OC(C)(C)C.C[C@H]1C[C@H](CNC(=O)OC(C)(C)C)N(CC(=O)O)C1. The van der Waals surface area contributed by atoms with Crippen molar-refractivity contribution < 1.29 is 38.5 Å². The molecule has 0 bridgehead atoms. The van der Waals surface area contributed by atoms with Crippen LogP contribution in [-0.2, 0) is 23.8 Å². The number of nitrogens with one attached hydrogen (secondary N) is 2. The van der Waals surface area contributed by atoms with Gasteiger partial charge in [-0.25, -0.2) is 9.59 Å². The minimum absolute atomic E-state index is 0.0189. The summed E-state index contributed by atoms with van der Waals surface area (Å²) < 4.78 is 15.1. The highest BCUT2D eigenvalue weighted by molar-refractivity contribution is 5.72. The number of ether oxygens (including phenoxy) is 3. The van der Waals surface area contributed by atoms with Crippen LogP contribution in [0.1, 0.15) is 89.0 Å². The fourth-order valence-electron chi connectivity index (χ4n) is 5.60. The van der Waals surface area contributed by atoms with E-state index in [-0.39, 0.29) is 31.1 Å². The van der Waals surface area contributed by atoms with Crippen LogP contribution in [0.25, 0.3) is 0 Å². The van der Waals surface area contributed by atoms with Crippen LogP contribution in [0.5, 0.6) is 0 Å². The number of hydrogen-bond acceptors (Lipinski definition) is 9. The van der Waals surface area contributed by atoms with Crippen LogP contribution in [0, 0.1) is 190 Å². The Hall–Kier alpha value is -9.20. The predicted octanol–water partition coefficient (Wildman–Crippen LogP) is 4.41. The molecule has 12 nitrogen and oxygen atoms in total. The number of alkyl carbamates (subject to hydrolysis) is 2. The summed E-state index contributed by atoms with van der Waals surface area (Å²) >= 11 is 0. The molecule has 368 valence electrons. The lowest BCUT2D eigenvalue weighted by Crippen LogP contribution is -2.43. The number of terminal acetylenes is 1. The van der Waals surface area contributed by atoms with Crippen LogP contribution in [0.2, 0.25) is 0 Å². The number of carbonyl (C=O) groups is 4. The second-order valence-corrected chi connectivity index (χ2v) is 16.6. The lowest BCUT2D eigenvalue weighted by molar-refractivity contribution is -0.142. The molecule has 12 heteroatoms. The molecule has 3 N–H and O–H groups in total. The van der Waals surface area contributed by atoms with E-state index in [1.165, 1.54) is 7.11 Å². The molecule has 2 amide bonds. The second-order valence-electron chi connectivity index (χ2n) is 16.6. The van der Waals surface area contributed by atoms with E-state index in [1.807, 2.05) is 30.6 Å². The molecular weight excluding hydrogens is 905 g/mol. The van der Waals surface area contributed by atoms with Crippen molar-refractivity contribution in [3.63, 3.8) is 0 Å². The fraction of sp³-hybridized carbons (Fsp3) is 0.433. The summed E-state index contributed by atoms with van der Waals surface area (Å²) in [5.41, 5.74) is -1.02. The summed E-state index contributed by atoms with van der Waals surface area (Å²) in [7, 11) is 1.38. The lowest BCUT2D eigenvalue weighted by Gasteiger charge is -2.24. The lowest BCUT2D eigenvalue weighted by atomic mass is 10.1. The molecule has 0 aromatic carbocycles. The number of esters is 1. The topological polar surface area (TPSA) is 147 Å². The van der Waals surface area contributed by atoms with Crippen molar-refractivity contribution in [3.05, 3.63) is 0 Å². The van der Waals surface area contributed by atoms with Gasteiger partial charge in [-0.3, -0.25) is 19.4 Å². The van der Waals surface area contributed by atoms with Crippen LogP contribution >= 0.6 is 0 Å². The van der Waals surface area contributed by atoms with E-state index in [9.17, 15) is 19.2 Å². The van der Waals surface area contributed by atoms with Gasteiger partial charge in [0.2, 0.25) is 0 Å². The summed E-state index contributed by atoms with van der Waals surface area (Å²) in [4.78, 5) is 49.3. The molecule has 0 unspecified atom stereocenters. The van der Waals surface area contributed by atoms with Crippen molar-refractivity contribution in [2.75, 3.05) is 46.4 Å². The summed E-state index contributed by atoms with van der Waals surface area (Å²) in [6.45, 7) is 23.0. The Morgan fingerprint density at radius 3 is 1.04 bits per heavy atom. The molecule has 2 heterocycles. The molecule has 2 rings (SSSR count). The van der Waals surface area contributed by atoms with Gasteiger partial charge in [0.15, 0.2) is 0 Å². The van der Waals surface area contributed by atoms with Gasteiger partial charge < -0.3 is 30.0 Å². The van der Waals surface area contributed by atoms with Gasteiger partial charge in [-0.2, -0.15) is 0 Å². The van der Waals surface area contributed by atoms with Crippen LogP contribution in [-0.4, -0.2) is 109 Å². The van der Waals surface area contributed by atoms with Crippen LogP contribution in [0.15, 0.2) is 0 Å². The van der Waals surface area contributed by atoms with E-state index in [2.05, 4.69) is 196 Å². The monoisotopic (exact) mass is 964 g/mol. The number of carboxylic acid groups (broad SMARTS) is 1. The molecule has 2 aliphatic rings. The highest BCUT2D eigenvalue weighted by atomic mass is 16.6. The first-order chi connectivity index (χ1) is 34.2. The van der Waals surface area contributed by atoms with Gasteiger partial charge in [0.05, 0.1) is 20.2 Å². The number of rotatable bonds is 8. The maximum absolute atomic E-state index is 11.6. The first-order valence-electron chi connectivity index (χ1n) is 22.1. The van der Waals surface area contributed by atoms with Crippen molar-refractivity contribution in [1.29, 1.82) is 0 Å². The van der Waals surface area contributed by atoms with E-state index in [0.29, 0.717) is 24.9 Å². The zero-order chi connectivity index (χ0) is 54.5. The molecule has 2 saturated heterocycles. The van der Waals surface area contributed by atoms with Crippen LogP contribution in [0.3, 0.4) is 0 Å². The number of amides is 2.